The average molecular weight is 374 g/mol. The van der Waals surface area contributed by atoms with Crippen LogP contribution in [-0.2, 0) is 11.2 Å². The van der Waals surface area contributed by atoms with Crippen molar-refractivity contribution in [3.63, 3.8) is 0 Å². The van der Waals surface area contributed by atoms with Gasteiger partial charge in [-0.3, -0.25) is 4.79 Å². The van der Waals surface area contributed by atoms with Crippen LogP contribution in [0.2, 0.25) is 0 Å². The molecule has 1 aliphatic rings. The third-order valence-electron chi connectivity index (χ3n) is 4.83. The summed E-state index contributed by atoms with van der Waals surface area (Å²) in [5.41, 5.74) is 6.61. The second-order valence-corrected chi connectivity index (χ2v) is 6.91. The van der Waals surface area contributed by atoms with Gasteiger partial charge in [-0.2, -0.15) is 0 Å². The van der Waals surface area contributed by atoms with Crippen molar-refractivity contribution in [2.45, 2.75) is 37.8 Å². The fourth-order valence-corrected chi connectivity index (χ4v) is 3.42. The molecule has 6 heteroatoms. The van der Waals surface area contributed by atoms with E-state index in [-0.39, 0.29) is 30.0 Å². The molecule has 2 N–H and O–H groups in total. The number of ether oxygens (including phenoxy) is 1. The molecule has 144 valence electrons. The molecule has 0 radical (unpaired) electrons. The van der Waals surface area contributed by atoms with E-state index in [1.54, 1.807) is 35.2 Å². The van der Waals surface area contributed by atoms with Gasteiger partial charge >= 0.3 is 0 Å². The highest BCUT2D eigenvalue weighted by Gasteiger charge is 2.30. The number of benzene rings is 2. The molecule has 2 atom stereocenters. The lowest BCUT2D eigenvalue weighted by atomic mass is 10.0. The Labute approximate surface area is 157 Å². The maximum Gasteiger partial charge on any atom is 0.224 e. The maximum absolute atomic E-state index is 13.7. The van der Waals surface area contributed by atoms with Crippen molar-refractivity contribution >= 4 is 5.91 Å². The fourth-order valence-electron chi connectivity index (χ4n) is 3.42. The first-order valence-corrected chi connectivity index (χ1v) is 9.20. The lowest BCUT2D eigenvalue weighted by Crippen LogP contribution is -2.42. The van der Waals surface area contributed by atoms with Crippen molar-refractivity contribution in [1.29, 1.82) is 0 Å². The molecule has 27 heavy (non-hydrogen) atoms. The zero-order chi connectivity index (χ0) is 19.2. The van der Waals surface area contributed by atoms with Gasteiger partial charge in [0.25, 0.3) is 0 Å². The minimum absolute atomic E-state index is 0.0248. The van der Waals surface area contributed by atoms with Gasteiger partial charge in [0, 0.05) is 19.0 Å². The lowest BCUT2D eigenvalue weighted by Gasteiger charge is -2.26. The number of hydrogen-bond acceptors (Lipinski definition) is 3. The normalized spacial score (nSPS) is 17.7. The minimum Gasteiger partial charge on any atom is -0.491 e. The van der Waals surface area contributed by atoms with E-state index in [9.17, 15) is 13.6 Å². The number of nitrogens with zero attached hydrogens (tertiary/aromatic N) is 1. The largest absolute Gasteiger partial charge is 0.491 e. The highest BCUT2D eigenvalue weighted by atomic mass is 19.1. The molecule has 0 spiro atoms. The predicted molar refractivity (Wildman–Crippen MR) is 99.3 cm³/mol. The molecular formula is C21H24F2N2O2. The Morgan fingerprint density at radius 1 is 1.19 bits per heavy atom. The number of carbonyl (C=O) groups is 1. The zero-order valence-electron chi connectivity index (χ0n) is 15.1. The summed E-state index contributed by atoms with van der Waals surface area (Å²) in [5, 5.41) is 0. The molecule has 0 aromatic heterocycles. The standard InChI is InChI=1S/C21H24F2N2O2/c22-16-7-9-19(10-8-16)27-14-18-5-3-11-25(18)21(26)13-17(24)12-15-4-1-2-6-20(15)23/h1-2,4,6-10,17-18H,3,5,11-14,24H2/t17?,18-/m0/s1. The van der Waals surface area contributed by atoms with E-state index in [1.165, 1.54) is 18.2 Å². The second kappa shape index (κ2) is 8.95. The van der Waals surface area contributed by atoms with Gasteiger partial charge < -0.3 is 15.4 Å². The van der Waals surface area contributed by atoms with E-state index in [0.717, 1.165) is 12.8 Å². The highest BCUT2D eigenvalue weighted by molar-refractivity contribution is 5.77. The monoisotopic (exact) mass is 374 g/mol. The number of nitrogens with two attached hydrogens (primary N) is 1. The van der Waals surface area contributed by atoms with E-state index in [0.29, 0.717) is 30.9 Å². The SMILES string of the molecule is NC(CC(=O)N1CCC[C@H]1COc1ccc(F)cc1)Cc1ccccc1F. The van der Waals surface area contributed by atoms with Crippen molar-refractivity contribution in [1.82, 2.24) is 4.90 Å². The number of carbonyl (C=O) groups excluding carboxylic acids is 1. The quantitative estimate of drug-likeness (QED) is 0.809. The van der Waals surface area contributed by atoms with Crippen molar-refractivity contribution in [2.75, 3.05) is 13.2 Å². The van der Waals surface area contributed by atoms with Crippen LogP contribution in [0, 0.1) is 11.6 Å². The molecule has 4 nitrogen and oxygen atoms in total. The van der Waals surface area contributed by atoms with Gasteiger partial charge in [0.2, 0.25) is 5.91 Å². The van der Waals surface area contributed by atoms with Crippen LogP contribution in [0.4, 0.5) is 8.78 Å². The number of amides is 1. The van der Waals surface area contributed by atoms with Gasteiger partial charge in [-0.15, -0.1) is 0 Å². The topological polar surface area (TPSA) is 55.6 Å². The summed E-state index contributed by atoms with van der Waals surface area (Å²) >= 11 is 0. The summed E-state index contributed by atoms with van der Waals surface area (Å²) in [4.78, 5) is 14.4. The van der Waals surface area contributed by atoms with Crippen molar-refractivity contribution in [3.05, 3.63) is 65.7 Å². The maximum atomic E-state index is 13.7. The van der Waals surface area contributed by atoms with E-state index in [1.807, 2.05) is 0 Å². The molecule has 1 saturated heterocycles. The van der Waals surface area contributed by atoms with Crippen LogP contribution < -0.4 is 10.5 Å². The second-order valence-electron chi connectivity index (χ2n) is 6.91. The predicted octanol–water partition coefficient (Wildman–Crippen LogP) is 3.29. The fraction of sp³-hybridized carbons (Fsp3) is 0.381. The molecule has 2 aromatic rings. The van der Waals surface area contributed by atoms with Gasteiger partial charge in [0.05, 0.1) is 6.04 Å². The van der Waals surface area contributed by atoms with Gasteiger partial charge in [-0.1, -0.05) is 18.2 Å². The van der Waals surface area contributed by atoms with Crippen LogP contribution in [0.1, 0.15) is 24.8 Å². The summed E-state index contributed by atoms with van der Waals surface area (Å²) in [7, 11) is 0. The Morgan fingerprint density at radius 2 is 1.93 bits per heavy atom. The van der Waals surface area contributed by atoms with E-state index in [4.69, 9.17) is 10.5 Å². The molecule has 1 fully saturated rings. The van der Waals surface area contributed by atoms with Crippen LogP contribution in [-0.4, -0.2) is 36.0 Å². The van der Waals surface area contributed by atoms with Gasteiger partial charge in [0.1, 0.15) is 24.0 Å². The number of halogens is 2. The van der Waals surface area contributed by atoms with Crippen LogP contribution in [0.15, 0.2) is 48.5 Å². The van der Waals surface area contributed by atoms with E-state index >= 15 is 0 Å². The van der Waals surface area contributed by atoms with E-state index in [2.05, 4.69) is 0 Å². The summed E-state index contributed by atoms with van der Waals surface area (Å²) in [6, 6.07) is 11.8. The Kier molecular flexibility index (Phi) is 6.40. The smallest absolute Gasteiger partial charge is 0.224 e. The zero-order valence-corrected chi connectivity index (χ0v) is 15.1. The van der Waals surface area contributed by atoms with Crippen LogP contribution >= 0.6 is 0 Å². The summed E-state index contributed by atoms with van der Waals surface area (Å²) in [5.74, 6) is -0.0768. The number of rotatable bonds is 7. The van der Waals surface area contributed by atoms with Crippen molar-refractivity contribution < 1.29 is 18.3 Å². The first-order valence-electron chi connectivity index (χ1n) is 9.20. The molecule has 1 aliphatic heterocycles. The number of hydrogen-bond donors (Lipinski definition) is 1. The van der Waals surface area contributed by atoms with Crippen molar-refractivity contribution in [3.8, 4) is 5.75 Å². The van der Waals surface area contributed by atoms with E-state index < -0.39 is 6.04 Å². The Hall–Kier alpha value is -2.47. The molecule has 2 aromatic carbocycles. The molecule has 1 unspecified atom stereocenters. The van der Waals surface area contributed by atoms with Gasteiger partial charge in [-0.05, 0) is 55.2 Å². The third kappa shape index (κ3) is 5.26. The van der Waals surface area contributed by atoms with Gasteiger partial charge in [0.15, 0.2) is 0 Å². The van der Waals surface area contributed by atoms with Gasteiger partial charge in [-0.25, -0.2) is 8.78 Å². The summed E-state index contributed by atoms with van der Waals surface area (Å²) in [6.07, 6.45) is 2.26. The Morgan fingerprint density at radius 3 is 2.67 bits per heavy atom. The molecular weight excluding hydrogens is 350 g/mol. The molecule has 0 bridgehead atoms. The van der Waals surface area contributed by atoms with Crippen LogP contribution in [0.5, 0.6) is 5.75 Å². The lowest BCUT2D eigenvalue weighted by molar-refractivity contribution is -0.132. The molecule has 1 heterocycles. The molecule has 0 aliphatic carbocycles. The van der Waals surface area contributed by atoms with Crippen LogP contribution in [0.25, 0.3) is 0 Å². The minimum atomic E-state index is -0.436. The Balaban J connectivity index is 1.52. The molecule has 0 saturated carbocycles. The first-order chi connectivity index (χ1) is 13.0. The Bertz CT molecular complexity index is 767. The third-order valence-corrected chi connectivity index (χ3v) is 4.83. The summed E-state index contributed by atoms with van der Waals surface area (Å²) < 4.78 is 32.4. The summed E-state index contributed by atoms with van der Waals surface area (Å²) in [6.45, 7) is 1.03. The number of likely N-dealkylation sites (tertiary alicyclic amines) is 1. The highest BCUT2D eigenvalue weighted by Crippen LogP contribution is 2.21. The average Bonchev–Trinajstić information content (AvgIpc) is 3.12. The van der Waals surface area contributed by atoms with Crippen molar-refractivity contribution in [2.24, 2.45) is 5.73 Å². The first kappa shape index (κ1) is 19.3. The molecule has 3 rings (SSSR count). The van der Waals surface area contributed by atoms with Crippen LogP contribution in [0.3, 0.4) is 0 Å². The molecule has 1 amide bonds.